The molecule has 2 rings (SSSR count). The third kappa shape index (κ3) is 6.32. The van der Waals surface area contributed by atoms with E-state index < -0.39 is 10.0 Å². The van der Waals surface area contributed by atoms with Gasteiger partial charge < -0.3 is 15.5 Å². The maximum absolute atomic E-state index is 12.4. The van der Waals surface area contributed by atoms with E-state index in [1.165, 1.54) is 36.0 Å². The number of carbonyl (C=O) groups excluding carboxylic acids is 1. The summed E-state index contributed by atoms with van der Waals surface area (Å²) in [6, 6.07) is 5.91. The lowest BCUT2D eigenvalue weighted by Gasteiger charge is -2.31. The van der Waals surface area contributed by atoms with Crippen molar-refractivity contribution in [1.82, 2.24) is 14.5 Å². The van der Waals surface area contributed by atoms with Crippen LogP contribution in [0.2, 0.25) is 0 Å². The molecule has 1 aliphatic rings. The van der Waals surface area contributed by atoms with Crippen LogP contribution in [0.3, 0.4) is 0 Å². The Morgan fingerprint density at radius 2 is 1.93 bits per heavy atom. The van der Waals surface area contributed by atoms with Crippen LogP contribution in [0.5, 0.6) is 0 Å². The van der Waals surface area contributed by atoms with Gasteiger partial charge in [-0.05, 0) is 69.1 Å². The Morgan fingerprint density at radius 3 is 2.50 bits per heavy atom. The average Bonchev–Trinajstić information content (AvgIpc) is 2.68. The number of nitrogens with zero attached hydrogens (tertiary/aromatic N) is 2. The zero-order valence-electron chi connectivity index (χ0n) is 16.9. The first-order valence-electron chi connectivity index (χ1n) is 9.81. The summed E-state index contributed by atoms with van der Waals surface area (Å²) in [6.45, 7) is 9.98. The molecule has 1 aromatic carbocycles. The van der Waals surface area contributed by atoms with Gasteiger partial charge in [-0.2, -0.15) is 4.31 Å². The standard InChI is InChI=1S/C20H32N4O3S/c1-4-12-23(3)28(26,27)19-8-6-18(7-9-19)22-20(25)21-16-17-10-14-24(13-5-2)15-11-17/h4,6-9,17H,1,5,10-16H2,2-3H3,(H2,21,22,25). The van der Waals surface area contributed by atoms with E-state index in [9.17, 15) is 13.2 Å². The number of rotatable bonds is 9. The SMILES string of the molecule is C=CCN(C)S(=O)(=O)c1ccc(NC(=O)NCC2CCN(CCC)CC2)cc1. The Kier molecular flexibility index (Phi) is 8.47. The highest BCUT2D eigenvalue weighted by molar-refractivity contribution is 7.89. The van der Waals surface area contributed by atoms with Crippen LogP contribution in [0.4, 0.5) is 10.5 Å². The van der Waals surface area contributed by atoms with Crippen LogP contribution in [-0.4, -0.2) is 63.4 Å². The van der Waals surface area contributed by atoms with Gasteiger partial charge in [0.15, 0.2) is 0 Å². The summed E-state index contributed by atoms with van der Waals surface area (Å²) >= 11 is 0. The monoisotopic (exact) mass is 408 g/mol. The molecule has 0 aromatic heterocycles. The average molecular weight is 409 g/mol. The molecule has 2 amide bonds. The predicted molar refractivity (Wildman–Crippen MR) is 113 cm³/mol. The topological polar surface area (TPSA) is 81.8 Å². The molecule has 28 heavy (non-hydrogen) atoms. The molecule has 1 saturated heterocycles. The normalized spacial score (nSPS) is 16.1. The van der Waals surface area contributed by atoms with Crippen molar-refractivity contribution < 1.29 is 13.2 Å². The van der Waals surface area contributed by atoms with E-state index in [0.717, 1.165) is 32.5 Å². The molecule has 0 unspecified atom stereocenters. The van der Waals surface area contributed by atoms with Crippen LogP contribution in [-0.2, 0) is 10.0 Å². The molecule has 1 aliphatic heterocycles. The highest BCUT2D eigenvalue weighted by Crippen LogP contribution is 2.18. The van der Waals surface area contributed by atoms with E-state index in [1.54, 1.807) is 12.1 Å². The number of sulfonamides is 1. The lowest BCUT2D eigenvalue weighted by molar-refractivity contribution is 0.182. The van der Waals surface area contributed by atoms with Gasteiger partial charge >= 0.3 is 6.03 Å². The number of hydrogen-bond acceptors (Lipinski definition) is 4. The first-order chi connectivity index (χ1) is 13.4. The van der Waals surface area contributed by atoms with Gasteiger partial charge in [-0.15, -0.1) is 6.58 Å². The van der Waals surface area contributed by atoms with E-state index in [0.29, 0.717) is 18.2 Å². The second-order valence-electron chi connectivity index (χ2n) is 7.22. The fraction of sp³-hybridized carbons (Fsp3) is 0.550. The van der Waals surface area contributed by atoms with Crippen molar-refractivity contribution in [3.8, 4) is 0 Å². The molecule has 1 heterocycles. The summed E-state index contributed by atoms with van der Waals surface area (Å²) in [5.41, 5.74) is 0.556. The molecule has 0 atom stereocenters. The summed E-state index contributed by atoms with van der Waals surface area (Å²) in [6.07, 6.45) is 4.91. The van der Waals surface area contributed by atoms with Crippen molar-refractivity contribution >= 4 is 21.7 Å². The number of carbonyl (C=O) groups is 1. The lowest BCUT2D eigenvalue weighted by Crippen LogP contribution is -2.40. The predicted octanol–water partition coefficient (Wildman–Crippen LogP) is 2.74. The van der Waals surface area contributed by atoms with Gasteiger partial charge in [0.05, 0.1) is 4.90 Å². The van der Waals surface area contributed by atoms with Crippen LogP contribution in [0.1, 0.15) is 26.2 Å². The van der Waals surface area contributed by atoms with Crippen molar-refractivity contribution in [2.75, 3.05) is 45.1 Å². The second-order valence-corrected chi connectivity index (χ2v) is 9.26. The number of likely N-dealkylation sites (tertiary alicyclic amines) is 1. The Balaban J connectivity index is 1.81. The van der Waals surface area contributed by atoms with Gasteiger partial charge in [-0.25, -0.2) is 13.2 Å². The van der Waals surface area contributed by atoms with Crippen LogP contribution in [0.15, 0.2) is 41.8 Å². The van der Waals surface area contributed by atoms with Gasteiger partial charge in [-0.3, -0.25) is 0 Å². The third-order valence-electron chi connectivity index (χ3n) is 5.00. The largest absolute Gasteiger partial charge is 0.338 e. The number of nitrogens with one attached hydrogen (secondary N) is 2. The van der Waals surface area contributed by atoms with Crippen LogP contribution in [0, 0.1) is 5.92 Å². The summed E-state index contributed by atoms with van der Waals surface area (Å²) in [4.78, 5) is 14.8. The third-order valence-corrected chi connectivity index (χ3v) is 6.84. The molecule has 0 bridgehead atoms. The minimum absolute atomic E-state index is 0.182. The fourth-order valence-electron chi connectivity index (χ4n) is 3.31. The Hall–Kier alpha value is -1.90. The van der Waals surface area contributed by atoms with E-state index in [1.807, 2.05) is 0 Å². The smallest absolute Gasteiger partial charge is 0.319 e. The Bertz CT molecular complexity index is 741. The quantitative estimate of drug-likeness (QED) is 0.616. The summed E-state index contributed by atoms with van der Waals surface area (Å²) in [5, 5.41) is 5.68. The van der Waals surface area contributed by atoms with Crippen LogP contribution in [0.25, 0.3) is 0 Å². The zero-order valence-corrected chi connectivity index (χ0v) is 17.7. The molecule has 156 valence electrons. The highest BCUT2D eigenvalue weighted by Gasteiger charge is 2.20. The first kappa shape index (κ1) is 22.4. The number of urea groups is 1. The molecule has 0 spiro atoms. The number of anilines is 1. The number of piperidine rings is 1. The Labute approximate surface area is 168 Å². The van der Waals surface area contributed by atoms with Gasteiger partial charge in [0.2, 0.25) is 10.0 Å². The second kappa shape index (κ2) is 10.6. The zero-order chi connectivity index (χ0) is 20.6. The number of amides is 2. The lowest BCUT2D eigenvalue weighted by atomic mass is 9.97. The maximum atomic E-state index is 12.4. The van der Waals surface area contributed by atoms with E-state index in [2.05, 4.69) is 29.0 Å². The number of hydrogen-bond donors (Lipinski definition) is 2. The van der Waals surface area contributed by atoms with Crippen molar-refractivity contribution in [2.24, 2.45) is 5.92 Å². The molecule has 8 heteroatoms. The summed E-state index contributed by atoms with van der Waals surface area (Å²) in [5.74, 6) is 0.506. The van der Waals surface area contributed by atoms with Crippen molar-refractivity contribution in [1.29, 1.82) is 0 Å². The maximum Gasteiger partial charge on any atom is 0.319 e. The van der Waals surface area contributed by atoms with Gasteiger partial charge in [0.1, 0.15) is 0 Å². The molecular formula is C20H32N4O3S. The minimum atomic E-state index is -3.55. The molecule has 0 aliphatic carbocycles. The summed E-state index contributed by atoms with van der Waals surface area (Å²) < 4.78 is 26.0. The first-order valence-corrected chi connectivity index (χ1v) is 11.2. The molecular weight excluding hydrogens is 376 g/mol. The molecule has 1 aromatic rings. The van der Waals surface area contributed by atoms with Gasteiger partial charge in [-0.1, -0.05) is 13.0 Å². The summed E-state index contributed by atoms with van der Waals surface area (Å²) in [7, 11) is -2.05. The van der Waals surface area contributed by atoms with E-state index in [-0.39, 0.29) is 17.5 Å². The fourth-order valence-corrected chi connectivity index (χ4v) is 4.45. The van der Waals surface area contributed by atoms with Gasteiger partial charge in [0, 0.05) is 25.8 Å². The number of likely N-dealkylation sites (N-methyl/N-ethyl adjacent to an activating group) is 1. The van der Waals surface area contributed by atoms with E-state index in [4.69, 9.17) is 0 Å². The minimum Gasteiger partial charge on any atom is -0.338 e. The molecule has 2 N–H and O–H groups in total. The van der Waals surface area contributed by atoms with Crippen molar-refractivity contribution in [3.63, 3.8) is 0 Å². The van der Waals surface area contributed by atoms with Crippen molar-refractivity contribution in [3.05, 3.63) is 36.9 Å². The molecule has 0 saturated carbocycles. The van der Waals surface area contributed by atoms with Crippen LogP contribution < -0.4 is 10.6 Å². The van der Waals surface area contributed by atoms with Crippen LogP contribution >= 0.6 is 0 Å². The van der Waals surface area contributed by atoms with Crippen molar-refractivity contribution in [2.45, 2.75) is 31.1 Å². The molecule has 1 fully saturated rings. The highest BCUT2D eigenvalue weighted by atomic mass is 32.2. The number of benzene rings is 1. The molecule has 0 radical (unpaired) electrons. The molecule has 7 nitrogen and oxygen atoms in total. The Morgan fingerprint density at radius 1 is 1.29 bits per heavy atom. The van der Waals surface area contributed by atoms with Gasteiger partial charge in [0.25, 0.3) is 0 Å². The van der Waals surface area contributed by atoms with E-state index >= 15 is 0 Å².